The third kappa shape index (κ3) is 3.03. The van der Waals surface area contributed by atoms with Gasteiger partial charge in [0, 0.05) is 6.54 Å². The highest BCUT2D eigenvalue weighted by Gasteiger charge is 2.58. The average Bonchev–Trinajstić information content (AvgIpc) is 3.29. The molecule has 0 spiro atoms. The van der Waals surface area contributed by atoms with Crippen LogP contribution in [0.25, 0.3) is 0 Å². The van der Waals surface area contributed by atoms with Gasteiger partial charge in [0.2, 0.25) is 5.91 Å². The van der Waals surface area contributed by atoms with E-state index < -0.39 is 17.8 Å². The number of alkyl halides is 3. The quantitative estimate of drug-likeness (QED) is 0.839. The molecule has 1 aromatic carbocycles. The van der Waals surface area contributed by atoms with Crippen molar-refractivity contribution in [3.05, 3.63) is 24.3 Å². The van der Waals surface area contributed by atoms with Crippen molar-refractivity contribution in [3.63, 3.8) is 0 Å². The number of carbonyl (C=O) groups is 1. The zero-order valence-corrected chi connectivity index (χ0v) is 15.0. The normalized spacial score (nSPS) is 33.3. The first-order chi connectivity index (χ1) is 12.8. The second-order valence-corrected chi connectivity index (χ2v) is 7.83. The molecule has 4 rings (SSSR count). The van der Waals surface area contributed by atoms with Gasteiger partial charge in [-0.3, -0.25) is 4.79 Å². The molecule has 5 nitrogen and oxygen atoms in total. The van der Waals surface area contributed by atoms with Gasteiger partial charge in [0.25, 0.3) is 0 Å². The van der Waals surface area contributed by atoms with Gasteiger partial charge in [-0.25, -0.2) is 0 Å². The van der Waals surface area contributed by atoms with Crippen LogP contribution < -0.4 is 20.7 Å². The summed E-state index contributed by atoms with van der Waals surface area (Å²) in [6, 6.07) is 6.04. The minimum Gasteiger partial charge on any atom is -0.404 e. The van der Waals surface area contributed by atoms with Gasteiger partial charge in [0.15, 0.2) is 5.75 Å². The Balaban J connectivity index is 1.75. The lowest BCUT2D eigenvalue weighted by molar-refractivity contribution is -0.274. The van der Waals surface area contributed by atoms with E-state index >= 15 is 0 Å². The lowest BCUT2D eigenvalue weighted by Crippen LogP contribution is -2.60. The molecule has 3 N–H and O–H groups in total. The van der Waals surface area contributed by atoms with E-state index in [1.165, 1.54) is 12.1 Å². The van der Waals surface area contributed by atoms with Crippen molar-refractivity contribution in [3.8, 4) is 5.75 Å². The number of nitrogens with zero attached hydrogens (tertiary/aromatic N) is 1. The third-order valence-corrected chi connectivity index (χ3v) is 6.60. The molecule has 27 heavy (non-hydrogen) atoms. The van der Waals surface area contributed by atoms with Crippen molar-refractivity contribution in [2.24, 2.45) is 23.5 Å². The predicted molar refractivity (Wildman–Crippen MR) is 94.2 cm³/mol. The van der Waals surface area contributed by atoms with Gasteiger partial charge in [0.05, 0.1) is 5.69 Å². The number of ether oxygens (including phenoxy) is 1. The minimum atomic E-state index is -4.79. The van der Waals surface area contributed by atoms with Crippen LogP contribution >= 0.6 is 0 Å². The molecule has 2 heterocycles. The van der Waals surface area contributed by atoms with Crippen LogP contribution in [0.15, 0.2) is 24.3 Å². The molecule has 1 saturated carbocycles. The first kappa shape index (κ1) is 18.4. The Morgan fingerprint density at radius 2 is 2.04 bits per heavy atom. The number of halogens is 3. The molecular weight excluding hydrogens is 359 g/mol. The number of benzene rings is 1. The smallest absolute Gasteiger partial charge is 0.404 e. The Kier molecular flexibility index (Phi) is 4.49. The number of hydrogen-bond acceptors (Lipinski definition) is 4. The topological polar surface area (TPSA) is 67.6 Å². The zero-order valence-electron chi connectivity index (χ0n) is 15.0. The maximum atomic E-state index is 12.9. The molecule has 8 heteroatoms. The first-order valence-electron chi connectivity index (χ1n) is 9.46. The predicted octanol–water partition coefficient (Wildman–Crippen LogP) is 2.66. The summed E-state index contributed by atoms with van der Waals surface area (Å²) in [5.41, 5.74) is 5.27. The van der Waals surface area contributed by atoms with Crippen molar-refractivity contribution in [1.29, 1.82) is 0 Å². The molecule has 3 unspecified atom stereocenters. The maximum Gasteiger partial charge on any atom is 0.573 e. The Morgan fingerprint density at radius 1 is 1.26 bits per heavy atom. The van der Waals surface area contributed by atoms with Crippen LogP contribution in [0.4, 0.5) is 18.9 Å². The monoisotopic (exact) mass is 383 g/mol. The van der Waals surface area contributed by atoms with Crippen molar-refractivity contribution in [2.75, 3.05) is 24.5 Å². The largest absolute Gasteiger partial charge is 0.573 e. The van der Waals surface area contributed by atoms with E-state index in [-0.39, 0.29) is 11.7 Å². The van der Waals surface area contributed by atoms with Gasteiger partial charge in [-0.1, -0.05) is 12.1 Å². The van der Waals surface area contributed by atoms with Crippen molar-refractivity contribution in [2.45, 2.75) is 37.6 Å². The van der Waals surface area contributed by atoms with Gasteiger partial charge in [-0.15, -0.1) is 13.2 Å². The number of amides is 1. The van der Waals surface area contributed by atoms with E-state index in [1.807, 2.05) is 0 Å². The highest BCUT2D eigenvalue weighted by atomic mass is 19.4. The molecule has 0 radical (unpaired) electrons. The molecule has 1 aromatic rings. The summed E-state index contributed by atoms with van der Waals surface area (Å²) in [7, 11) is 0. The van der Waals surface area contributed by atoms with Crippen LogP contribution in [0.2, 0.25) is 0 Å². The zero-order chi connectivity index (χ0) is 19.2. The van der Waals surface area contributed by atoms with Gasteiger partial charge < -0.3 is 20.7 Å². The number of fused-ring (bicyclic) bond motifs is 1. The molecule has 1 aliphatic carbocycles. The summed E-state index contributed by atoms with van der Waals surface area (Å²) in [5.74, 6) is 0.150. The van der Waals surface area contributed by atoms with E-state index in [4.69, 9.17) is 5.73 Å². The fraction of sp³-hybridized carbons (Fsp3) is 0.632. The molecule has 1 amide bonds. The average molecular weight is 383 g/mol. The number of hydrogen-bond donors (Lipinski definition) is 2. The first-order valence-corrected chi connectivity index (χ1v) is 9.46. The van der Waals surface area contributed by atoms with Gasteiger partial charge in [-0.2, -0.15) is 0 Å². The van der Waals surface area contributed by atoms with Crippen LogP contribution in [0.5, 0.6) is 5.75 Å². The minimum absolute atomic E-state index is 0.0384. The number of nitrogens with two attached hydrogens (primary N) is 1. The van der Waals surface area contributed by atoms with E-state index in [1.54, 1.807) is 17.0 Å². The number of rotatable bonds is 4. The van der Waals surface area contributed by atoms with Crippen LogP contribution in [0.1, 0.15) is 25.7 Å². The summed E-state index contributed by atoms with van der Waals surface area (Å²) in [6.07, 6.45) is -1.62. The van der Waals surface area contributed by atoms with Crippen LogP contribution in [0.3, 0.4) is 0 Å². The summed E-state index contributed by atoms with van der Waals surface area (Å²) < 4.78 is 42.9. The summed E-state index contributed by atoms with van der Waals surface area (Å²) in [4.78, 5) is 14.6. The summed E-state index contributed by atoms with van der Waals surface area (Å²) in [5, 5.41) is 3.39. The molecule has 3 fully saturated rings. The fourth-order valence-electron chi connectivity index (χ4n) is 5.63. The highest BCUT2D eigenvalue weighted by Crippen LogP contribution is 2.52. The number of para-hydroxylation sites is 2. The van der Waals surface area contributed by atoms with Crippen LogP contribution in [-0.4, -0.2) is 37.4 Å². The van der Waals surface area contributed by atoms with Crippen LogP contribution in [0, 0.1) is 17.8 Å². The Morgan fingerprint density at radius 3 is 2.78 bits per heavy atom. The Labute approximate surface area is 156 Å². The molecule has 2 saturated heterocycles. The summed E-state index contributed by atoms with van der Waals surface area (Å²) in [6.45, 7) is 2.26. The summed E-state index contributed by atoms with van der Waals surface area (Å²) >= 11 is 0. The highest BCUT2D eigenvalue weighted by molar-refractivity contribution is 5.90. The number of primary amides is 1. The lowest BCUT2D eigenvalue weighted by atomic mass is 9.74. The number of nitrogens with one attached hydrogen (secondary N) is 1. The maximum absolute atomic E-state index is 12.9. The Hall–Kier alpha value is -1.96. The lowest BCUT2D eigenvalue weighted by Gasteiger charge is -2.44. The van der Waals surface area contributed by atoms with Crippen LogP contribution in [-0.2, 0) is 4.79 Å². The fourth-order valence-corrected chi connectivity index (χ4v) is 5.63. The van der Waals surface area contributed by atoms with E-state index in [9.17, 15) is 18.0 Å². The van der Waals surface area contributed by atoms with E-state index in [0.29, 0.717) is 36.9 Å². The van der Waals surface area contributed by atoms with E-state index in [0.717, 1.165) is 25.9 Å². The number of carbonyl (C=O) groups excluding carboxylic acids is 1. The Bertz CT molecular complexity index is 726. The van der Waals surface area contributed by atoms with Gasteiger partial charge in [-0.05, 0) is 68.7 Å². The van der Waals surface area contributed by atoms with Crippen molar-refractivity contribution >= 4 is 11.6 Å². The second-order valence-electron chi connectivity index (χ2n) is 7.83. The second kappa shape index (κ2) is 6.58. The standard InChI is InChI=1S/C19H24F3N3O2/c20-19(21,22)27-16-5-2-1-4-15(16)25-9-3-8-18(25,17(23)26)14-7-6-12-10-24-11-13(12)14/h1-2,4-5,12-14,24H,3,6-11H2,(H2,23,26)/t12?,13?,14?,18-/m1/s1. The molecule has 4 atom stereocenters. The van der Waals surface area contributed by atoms with Crippen molar-refractivity contribution in [1.82, 2.24) is 5.32 Å². The molecule has 3 aliphatic rings. The van der Waals surface area contributed by atoms with Crippen molar-refractivity contribution < 1.29 is 22.7 Å². The molecule has 0 aromatic heterocycles. The molecule has 2 aliphatic heterocycles. The van der Waals surface area contributed by atoms with E-state index in [2.05, 4.69) is 10.1 Å². The van der Waals surface area contributed by atoms with Gasteiger partial charge in [0.1, 0.15) is 5.54 Å². The molecular formula is C19H24F3N3O2. The van der Waals surface area contributed by atoms with Gasteiger partial charge >= 0.3 is 6.36 Å². The number of anilines is 1. The molecule has 148 valence electrons. The molecule has 0 bridgehead atoms. The third-order valence-electron chi connectivity index (χ3n) is 6.60. The SMILES string of the molecule is NC(=O)[C@]1(C2CCC3CNCC32)CCCN1c1ccccc1OC(F)(F)F.